The lowest BCUT2D eigenvalue weighted by Crippen LogP contribution is -2.35. The van der Waals surface area contributed by atoms with Crippen LogP contribution in [0.15, 0.2) is 60.0 Å². The largest absolute Gasteiger partial charge is 0.452 e. The van der Waals surface area contributed by atoms with E-state index in [4.69, 9.17) is 4.74 Å². The van der Waals surface area contributed by atoms with E-state index in [0.717, 1.165) is 27.3 Å². The maximum Gasteiger partial charge on any atom is 0.339 e. The third-order valence-corrected chi connectivity index (χ3v) is 6.32. The first kappa shape index (κ1) is 24.1. The van der Waals surface area contributed by atoms with Gasteiger partial charge < -0.3 is 15.4 Å². The summed E-state index contributed by atoms with van der Waals surface area (Å²) in [5, 5.41) is 7.89. The maximum atomic E-state index is 12.9. The molecule has 4 rings (SSSR count). The fraction of sp³-hybridized carbons (Fsp3) is 0.185. The zero-order chi connectivity index (χ0) is 24.9. The number of ether oxygens (including phenoxy) is 1. The lowest BCUT2D eigenvalue weighted by Gasteiger charge is -2.13. The Hall–Kier alpha value is -4.04. The number of nitrogens with zero attached hydrogens (tertiary/aromatic N) is 1. The molecule has 2 aromatic heterocycles. The van der Waals surface area contributed by atoms with Gasteiger partial charge in [-0.1, -0.05) is 42.0 Å². The first-order chi connectivity index (χ1) is 16.8. The number of amides is 2. The average molecular weight is 488 g/mol. The lowest BCUT2D eigenvalue weighted by atomic mass is 10.1. The molecular formula is C27H25N3O4S. The number of carbonyl (C=O) groups is 3. The molecule has 0 atom stereocenters. The number of thiophene rings is 1. The SMILES string of the molecule is Cc1cc(C)c(NC(=O)CNC(=O)COC(=O)c2cc(-c3cccs3)nc3ccccc23)c(C)c1. The molecule has 0 saturated carbocycles. The first-order valence-corrected chi connectivity index (χ1v) is 11.9. The van der Waals surface area contributed by atoms with Gasteiger partial charge in [-0.2, -0.15) is 0 Å². The van der Waals surface area contributed by atoms with Crippen molar-refractivity contribution in [3.05, 3.63) is 82.2 Å². The van der Waals surface area contributed by atoms with Crippen molar-refractivity contribution in [2.24, 2.45) is 0 Å². The fourth-order valence-corrected chi connectivity index (χ4v) is 4.58. The number of para-hydroxylation sites is 1. The van der Waals surface area contributed by atoms with E-state index in [0.29, 0.717) is 22.2 Å². The Morgan fingerprint density at radius 3 is 2.40 bits per heavy atom. The molecule has 2 heterocycles. The third-order valence-electron chi connectivity index (χ3n) is 5.43. The molecule has 0 spiro atoms. The van der Waals surface area contributed by atoms with Crippen LogP contribution >= 0.6 is 11.3 Å². The van der Waals surface area contributed by atoms with Gasteiger partial charge in [-0.25, -0.2) is 9.78 Å². The molecule has 0 radical (unpaired) electrons. The van der Waals surface area contributed by atoms with Crippen LogP contribution in [0, 0.1) is 20.8 Å². The first-order valence-electron chi connectivity index (χ1n) is 11.1. The van der Waals surface area contributed by atoms with Gasteiger partial charge in [0.25, 0.3) is 5.91 Å². The van der Waals surface area contributed by atoms with Crippen molar-refractivity contribution in [3.8, 4) is 10.6 Å². The number of pyridine rings is 1. The summed E-state index contributed by atoms with van der Waals surface area (Å²) in [6.07, 6.45) is 0. The number of nitrogens with one attached hydrogen (secondary N) is 2. The van der Waals surface area contributed by atoms with Gasteiger partial charge in [-0.15, -0.1) is 11.3 Å². The Labute approximate surface area is 207 Å². The number of hydrogen-bond acceptors (Lipinski definition) is 6. The van der Waals surface area contributed by atoms with Gasteiger partial charge in [0, 0.05) is 11.1 Å². The summed E-state index contributed by atoms with van der Waals surface area (Å²) in [6.45, 7) is 5.09. The van der Waals surface area contributed by atoms with E-state index in [2.05, 4.69) is 15.6 Å². The minimum absolute atomic E-state index is 0.232. The smallest absolute Gasteiger partial charge is 0.339 e. The average Bonchev–Trinajstić information content (AvgIpc) is 3.38. The molecule has 2 amide bonds. The van der Waals surface area contributed by atoms with E-state index in [1.165, 1.54) is 11.3 Å². The molecule has 0 aliphatic heterocycles. The highest BCUT2D eigenvalue weighted by Crippen LogP contribution is 2.28. The molecule has 7 nitrogen and oxygen atoms in total. The maximum absolute atomic E-state index is 12.9. The highest BCUT2D eigenvalue weighted by molar-refractivity contribution is 7.13. The number of esters is 1. The highest BCUT2D eigenvalue weighted by Gasteiger charge is 2.17. The van der Waals surface area contributed by atoms with Crippen LogP contribution in [0.1, 0.15) is 27.0 Å². The quantitative estimate of drug-likeness (QED) is 0.365. The molecule has 2 aromatic carbocycles. The molecule has 4 aromatic rings. The van der Waals surface area contributed by atoms with E-state index < -0.39 is 18.5 Å². The Bertz CT molecular complexity index is 1390. The second-order valence-corrected chi connectivity index (χ2v) is 9.17. The van der Waals surface area contributed by atoms with E-state index in [1.807, 2.05) is 68.6 Å². The van der Waals surface area contributed by atoms with Gasteiger partial charge in [-0.05, 0) is 55.5 Å². The van der Waals surface area contributed by atoms with E-state index in [-0.39, 0.29) is 12.5 Å². The van der Waals surface area contributed by atoms with Gasteiger partial charge >= 0.3 is 5.97 Å². The van der Waals surface area contributed by atoms with Crippen molar-refractivity contribution in [1.29, 1.82) is 0 Å². The number of benzene rings is 2. The summed E-state index contributed by atoms with van der Waals surface area (Å²) in [4.78, 5) is 43.0. The zero-order valence-corrected chi connectivity index (χ0v) is 20.5. The molecule has 0 fully saturated rings. The molecule has 178 valence electrons. The van der Waals surface area contributed by atoms with Crippen LogP contribution in [0.4, 0.5) is 5.69 Å². The van der Waals surface area contributed by atoms with E-state index in [9.17, 15) is 14.4 Å². The lowest BCUT2D eigenvalue weighted by molar-refractivity contribution is -0.126. The molecule has 8 heteroatoms. The number of anilines is 1. The third kappa shape index (κ3) is 5.73. The second-order valence-electron chi connectivity index (χ2n) is 8.22. The zero-order valence-electron chi connectivity index (χ0n) is 19.7. The molecular weight excluding hydrogens is 462 g/mol. The van der Waals surface area contributed by atoms with Crippen molar-refractivity contribution in [3.63, 3.8) is 0 Å². The van der Waals surface area contributed by atoms with Gasteiger partial charge in [0.15, 0.2) is 6.61 Å². The summed E-state index contributed by atoms with van der Waals surface area (Å²) in [6, 6.07) is 16.7. The predicted octanol–water partition coefficient (Wildman–Crippen LogP) is 4.80. The summed E-state index contributed by atoms with van der Waals surface area (Å²) in [5.74, 6) is -1.56. The number of carbonyl (C=O) groups excluding carboxylic acids is 3. The van der Waals surface area contributed by atoms with E-state index >= 15 is 0 Å². The monoisotopic (exact) mass is 487 g/mol. The topological polar surface area (TPSA) is 97.4 Å². The molecule has 0 aliphatic rings. The number of hydrogen-bond donors (Lipinski definition) is 2. The fourth-order valence-electron chi connectivity index (χ4n) is 3.89. The van der Waals surface area contributed by atoms with Crippen molar-refractivity contribution < 1.29 is 19.1 Å². The van der Waals surface area contributed by atoms with Crippen molar-refractivity contribution >= 4 is 45.7 Å². The summed E-state index contributed by atoms with van der Waals surface area (Å²) < 4.78 is 5.27. The molecule has 0 aliphatic carbocycles. The second kappa shape index (κ2) is 10.5. The molecule has 0 bridgehead atoms. The van der Waals surface area contributed by atoms with Gasteiger partial charge in [0.1, 0.15) is 0 Å². The standard InChI is InChI=1S/C27H25N3O4S/c1-16-11-17(2)26(18(3)12-16)30-24(31)14-28-25(32)15-34-27(33)20-13-22(23-9-6-10-35-23)29-21-8-5-4-7-19(20)21/h4-13H,14-15H2,1-3H3,(H,28,32)(H,30,31). The summed E-state index contributed by atoms with van der Waals surface area (Å²) in [5.41, 5.74) is 5.38. The number of aromatic nitrogens is 1. The number of aryl methyl sites for hydroxylation is 3. The van der Waals surface area contributed by atoms with Crippen LogP contribution in [-0.2, 0) is 14.3 Å². The minimum atomic E-state index is -0.632. The summed E-state index contributed by atoms with van der Waals surface area (Å²) in [7, 11) is 0. The van der Waals surface area contributed by atoms with E-state index in [1.54, 1.807) is 12.1 Å². The van der Waals surface area contributed by atoms with Gasteiger partial charge in [0.05, 0.1) is 28.2 Å². The van der Waals surface area contributed by atoms with Crippen LogP contribution in [0.25, 0.3) is 21.5 Å². The highest BCUT2D eigenvalue weighted by atomic mass is 32.1. The van der Waals surface area contributed by atoms with Crippen LogP contribution in [-0.4, -0.2) is 35.9 Å². The van der Waals surface area contributed by atoms with Crippen LogP contribution in [0.3, 0.4) is 0 Å². The predicted molar refractivity (Wildman–Crippen MR) is 138 cm³/mol. The molecule has 0 saturated heterocycles. The van der Waals surface area contributed by atoms with Crippen molar-refractivity contribution in [2.45, 2.75) is 20.8 Å². The number of rotatable bonds is 7. The Kier molecular flexibility index (Phi) is 7.22. The van der Waals surface area contributed by atoms with Gasteiger partial charge in [0.2, 0.25) is 5.91 Å². The molecule has 2 N–H and O–H groups in total. The Morgan fingerprint density at radius 1 is 0.943 bits per heavy atom. The van der Waals surface area contributed by atoms with Crippen LogP contribution in [0.5, 0.6) is 0 Å². The Morgan fingerprint density at radius 2 is 1.69 bits per heavy atom. The van der Waals surface area contributed by atoms with Crippen molar-refractivity contribution in [2.75, 3.05) is 18.5 Å². The van der Waals surface area contributed by atoms with Gasteiger partial charge in [-0.3, -0.25) is 9.59 Å². The summed E-state index contributed by atoms with van der Waals surface area (Å²) >= 11 is 1.52. The molecule has 0 unspecified atom stereocenters. The normalized spacial score (nSPS) is 10.7. The Balaban J connectivity index is 1.37. The van der Waals surface area contributed by atoms with Crippen LogP contribution < -0.4 is 10.6 Å². The van der Waals surface area contributed by atoms with Crippen molar-refractivity contribution in [1.82, 2.24) is 10.3 Å². The number of fused-ring (bicyclic) bond motifs is 1. The van der Waals surface area contributed by atoms with Crippen LogP contribution in [0.2, 0.25) is 0 Å². The molecule has 35 heavy (non-hydrogen) atoms. The minimum Gasteiger partial charge on any atom is -0.452 e.